The monoisotopic (exact) mass is 577 g/mol. The molecule has 0 atom stereocenters. The summed E-state index contributed by atoms with van der Waals surface area (Å²) in [7, 11) is -3.61. The molecule has 0 radical (unpaired) electrons. The Morgan fingerprint density at radius 1 is 0.951 bits per heavy atom. The summed E-state index contributed by atoms with van der Waals surface area (Å²) >= 11 is 0. The van der Waals surface area contributed by atoms with Crippen molar-refractivity contribution in [3.63, 3.8) is 0 Å². The minimum absolute atomic E-state index is 0.122. The number of amides is 2. The Balaban J connectivity index is 1.08. The highest BCUT2D eigenvalue weighted by molar-refractivity contribution is 7.89. The number of hydrogen-bond acceptors (Lipinski definition) is 4. The molecule has 1 heterocycles. The number of hydrogen-bond donors (Lipinski definition) is 2. The van der Waals surface area contributed by atoms with Crippen molar-refractivity contribution < 1.29 is 22.3 Å². The maximum absolute atomic E-state index is 13.6. The molecule has 216 valence electrons. The van der Waals surface area contributed by atoms with Gasteiger partial charge in [-0.05, 0) is 86.1 Å². The zero-order chi connectivity index (χ0) is 28.9. The van der Waals surface area contributed by atoms with E-state index < -0.39 is 21.2 Å². The molecule has 0 bridgehead atoms. The van der Waals surface area contributed by atoms with Crippen LogP contribution in [0.15, 0.2) is 72.8 Å². The number of carbonyl (C=O) groups excluding carboxylic acids is 1. The van der Waals surface area contributed by atoms with Crippen molar-refractivity contribution in [3.8, 4) is 0 Å². The lowest BCUT2D eigenvalue weighted by atomic mass is 9.40. The molecule has 9 heteroatoms. The summed E-state index contributed by atoms with van der Waals surface area (Å²) in [4.78, 5) is 14.5. The van der Waals surface area contributed by atoms with E-state index in [4.69, 9.17) is 4.74 Å². The second kappa shape index (κ2) is 10.2. The summed E-state index contributed by atoms with van der Waals surface area (Å²) in [6, 6.07) is 21.9. The number of anilines is 1. The second-order valence-corrected chi connectivity index (χ2v) is 14.1. The molecule has 6 rings (SSSR count). The van der Waals surface area contributed by atoms with Crippen LogP contribution in [0, 0.1) is 5.82 Å². The quantitative estimate of drug-likeness (QED) is 0.334. The first-order valence-corrected chi connectivity index (χ1v) is 15.8. The van der Waals surface area contributed by atoms with Crippen molar-refractivity contribution in [2.75, 3.05) is 11.1 Å². The highest BCUT2D eigenvalue weighted by Gasteiger charge is 2.67. The number of nitrogens with one attached hydrogen (secondary N) is 2. The SMILES string of the molecule is CC(C)(CS(=O)(=O)NC12CCC1(c1ccc(NC(=O)N3Cc4ccc(F)cc4C3)cc1)CC2)OCc1ccccc1. The zero-order valence-corrected chi connectivity index (χ0v) is 24.3. The maximum Gasteiger partial charge on any atom is 0.322 e. The van der Waals surface area contributed by atoms with Gasteiger partial charge >= 0.3 is 6.03 Å². The van der Waals surface area contributed by atoms with Gasteiger partial charge in [-0.1, -0.05) is 48.5 Å². The van der Waals surface area contributed by atoms with Crippen LogP contribution in [-0.4, -0.2) is 36.2 Å². The fourth-order valence-electron chi connectivity index (χ4n) is 6.74. The van der Waals surface area contributed by atoms with E-state index in [2.05, 4.69) is 10.0 Å². The van der Waals surface area contributed by atoms with Crippen LogP contribution in [0.2, 0.25) is 0 Å². The van der Waals surface area contributed by atoms with Crippen LogP contribution in [0.25, 0.3) is 0 Å². The summed E-state index contributed by atoms with van der Waals surface area (Å²) in [5.74, 6) is -0.422. The van der Waals surface area contributed by atoms with Gasteiger partial charge in [0, 0.05) is 29.7 Å². The van der Waals surface area contributed by atoms with Crippen LogP contribution >= 0.6 is 0 Å². The van der Waals surface area contributed by atoms with Gasteiger partial charge in [0.25, 0.3) is 0 Å². The third-order valence-corrected chi connectivity index (χ3v) is 10.9. The van der Waals surface area contributed by atoms with Crippen LogP contribution in [0.3, 0.4) is 0 Å². The van der Waals surface area contributed by atoms with Gasteiger partial charge in [0.05, 0.1) is 18.0 Å². The van der Waals surface area contributed by atoms with Gasteiger partial charge in [-0.15, -0.1) is 0 Å². The highest BCUT2D eigenvalue weighted by atomic mass is 32.2. The van der Waals surface area contributed by atoms with E-state index in [1.807, 2.05) is 68.4 Å². The van der Waals surface area contributed by atoms with Gasteiger partial charge in [0.1, 0.15) is 5.82 Å². The Morgan fingerprint density at radius 2 is 1.63 bits per heavy atom. The van der Waals surface area contributed by atoms with Gasteiger partial charge in [-0.25, -0.2) is 22.3 Å². The van der Waals surface area contributed by atoms with E-state index in [0.717, 1.165) is 47.9 Å². The van der Waals surface area contributed by atoms with Gasteiger partial charge in [0.2, 0.25) is 10.0 Å². The van der Waals surface area contributed by atoms with Crippen molar-refractivity contribution >= 4 is 21.7 Å². The molecule has 3 aromatic carbocycles. The number of nitrogens with zero attached hydrogens (tertiary/aromatic N) is 1. The van der Waals surface area contributed by atoms with Crippen LogP contribution in [0.5, 0.6) is 0 Å². The molecule has 41 heavy (non-hydrogen) atoms. The van der Waals surface area contributed by atoms with Crippen molar-refractivity contribution in [2.24, 2.45) is 0 Å². The molecule has 3 aromatic rings. The first kappa shape index (κ1) is 27.9. The summed E-state index contributed by atoms with van der Waals surface area (Å²) in [6.45, 7) is 4.79. The molecule has 2 N–H and O–H groups in total. The van der Waals surface area contributed by atoms with E-state index in [9.17, 15) is 17.6 Å². The van der Waals surface area contributed by atoms with Gasteiger partial charge in [-0.3, -0.25) is 0 Å². The van der Waals surface area contributed by atoms with E-state index in [0.29, 0.717) is 25.4 Å². The van der Waals surface area contributed by atoms with Crippen LogP contribution in [0.1, 0.15) is 61.8 Å². The molecule has 2 aliphatic carbocycles. The minimum Gasteiger partial charge on any atom is -0.370 e. The molecule has 0 saturated heterocycles. The largest absolute Gasteiger partial charge is 0.370 e. The number of halogens is 1. The number of fused-ring (bicyclic) bond motifs is 2. The Labute approximate surface area is 241 Å². The topological polar surface area (TPSA) is 87.7 Å². The summed E-state index contributed by atoms with van der Waals surface area (Å²) in [6.07, 6.45) is 3.42. The molecule has 3 aliphatic rings. The van der Waals surface area contributed by atoms with Crippen molar-refractivity contribution in [3.05, 3.63) is 101 Å². The molecule has 0 aromatic heterocycles. The molecule has 1 aliphatic heterocycles. The Hall–Kier alpha value is -3.27. The average Bonchev–Trinajstić information content (AvgIpc) is 3.35. The third kappa shape index (κ3) is 5.38. The number of ether oxygens (including phenoxy) is 1. The van der Waals surface area contributed by atoms with E-state index in [1.54, 1.807) is 11.0 Å². The summed E-state index contributed by atoms with van der Waals surface area (Å²) in [5, 5.41) is 2.94. The average molecular weight is 578 g/mol. The Kier molecular flexibility index (Phi) is 6.95. The molecular weight excluding hydrogens is 541 g/mol. The Morgan fingerprint density at radius 3 is 2.29 bits per heavy atom. The standard InChI is InChI=1S/C32H36FN3O4S/c1-30(2,40-21-23-6-4-3-5-7-23)22-41(38,39)35-32-16-14-31(32,15-17-32)26-9-12-28(13-10-26)34-29(37)36-19-24-8-11-27(33)18-25(24)20-36/h3-13,18,35H,14-17,19-22H2,1-2H3,(H,34,37). The predicted molar refractivity (Wildman–Crippen MR) is 156 cm³/mol. The molecule has 0 spiro atoms. The second-order valence-electron chi connectivity index (χ2n) is 12.3. The van der Waals surface area contributed by atoms with E-state index in [-0.39, 0.29) is 23.0 Å². The van der Waals surface area contributed by atoms with Gasteiger partial charge < -0.3 is 15.0 Å². The lowest BCUT2D eigenvalue weighted by Crippen LogP contribution is -2.76. The fourth-order valence-corrected chi connectivity index (χ4v) is 8.81. The van der Waals surface area contributed by atoms with Crippen molar-refractivity contribution in [2.45, 2.75) is 75.8 Å². The lowest BCUT2D eigenvalue weighted by Gasteiger charge is -2.68. The maximum atomic E-state index is 13.6. The van der Waals surface area contributed by atoms with Crippen LogP contribution in [-0.2, 0) is 39.9 Å². The first-order valence-electron chi connectivity index (χ1n) is 14.1. The number of urea groups is 1. The van der Waals surface area contributed by atoms with Crippen LogP contribution in [0.4, 0.5) is 14.9 Å². The van der Waals surface area contributed by atoms with Gasteiger partial charge in [-0.2, -0.15) is 0 Å². The molecule has 0 unspecified atom stereocenters. The fraction of sp³-hybridized carbons (Fsp3) is 0.406. The summed E-state index contributed by atoms with van der Waals surface area (Å²) in [5.41, 5.74) is 2.96. The van der Waals surface area contributed by atoms with Crippen LogP contribution < -0.4 is 10.0 Å². The van der Waals surface area contributed by atoms with Gasteiger partial charge in [0.15, 0.2) is 0 Å². The molecular formula is C32H36FN3O4S. The van der Waals surface area contributed by atoms with Crippen molar-refractivity contribution in [1.82, 2.24) is 9.62 Å². The molecule has 2 saturated carbocycles. The highest BCUT2D eigenvalue weighted by Crippen LogP contribution is 2.65. The summed E-state index contributed by atoms with van der Waals surface area (Å²) < 4.78 is 49.4. The van der Waals surface area contributed by atoms with E-state index >= 15 is 0 Å². The smallest absolute Gasteiger partial charge is 0.322 e. The zero-order valence-electron chi connectivity index (χ0n) is 23.5. The number of sulfonamides is 1. The number of benzene rings is 3. The normalized spacial score (nSPS) is 23.2. The van der Waals surface area contributed by atoms with E-state index in [1.165, 1.54) is 12.1 Å². The first-order chi connectivity index (χ1) is 19.5. The Bertz CT molecular complexity index is 1550. The molecule has 2 fully saturated rings. The lowest BCUT2D eigenvalue weighted by molar-refractivity contribution is -0.0436. The van der Waals surface area contributed by atoms with Crippen molar-refractivity contribution in [1.29, 1.82) is 0 Å². The number of rotatable bonds is 9. The third-order valence-electron chi connectivity index (χ3n) is 9.10. The molecule has 2 amide bonds. The number of carbonyl (C=O) groups is 1. The predicted octanol–water partition coefficient (Wildman–Crippen LogP) is 5.85. The molecule has 7 nitrogen and oxygen atoms in total. The minimum atomic E-state index is -3.61.